The third kappa shape index (κ3) is 1.79. The van der Waals surface area contributed by atoms with Gasteiger partial charge in [0, 0.05) is 29.0 Å². The van der Waals surface area contributed by atoms with E-state index < -0.39 is 5.24 Å². The van der Waals surface area contributed by atoms with Gasteiger partial charge in [-0.1, -0.05) is 24.3 Å². The highest BCUT2D eigenvalue weighted by Crippen LogP contribution is 2.27. The zero-order valence-electron chi connectivity index (χ0n) is 9.35. The Morgan fingerprint density at radius 3 is 2.72 bits per heavy atom. The average Bonchev–Trinajstić information content (AvgIpc) is 2.87. The van der Waals surface area contributed by atoms with Gasteiger partial charge < -0.3 is 4.98 Å². The molecule has 0 unspecified atom stereocenters. The van der Waals surface area contributed by atoms with Crippen molar-refractivity contribution < 1.29 is 4.79 Å². The number of rotatable bonds is 2. The summed E-state index contributed by atoms with van der Waals surface area (Å²) in [7, 11) is 0. The zero-order valence-corrected chi connectivity index (χ0v) is 10.1. The van der Waals surface area contributed by atoms with E-state index in [1.165, 1.54) is 0 Å². The SMILES string of the molecule is O=C(Cl)c1ccc(-c2cncc3ccccc23)[nH]1. The highest BCUT2D eigenvalue weighted by atomic mass is 35.5. The number of benzene rings is 1. The van der Waals surface area contributed by atoms with E-state index in [-0.39, 0.29) is 0 Å². The van der Waals surface area contributed by atoms with Crippen LogP contribution in [0.15, 0.2) is 48.8 Å². The summed E-state index contributed by atoms with van der Waals surface area (Å²) in [6.45, 7) is 0. The van der Waals surface area contributed by atoms with Crippen molar-refractivity contribution in [2.45, 2.75) is 0 Å². The first-order valence-electron chi connectivity index (χ1n) is 5.47. The number of carbonyl (C=O) groups is 1. The monoisotopic (exact) mass is 256 g/mol. The summed E-state index contributed by atoms with van der Waals surface area (Å²) >= 11 is 5.44. The summed E-state index contributed by atoms with van der Waals surface area (Å²) in [5.41, 5.74) is 2.18. The Morgan fingerprint density at radius 2 is 1.94 bits per heavy atom. The van der Waals surface area contributed by atoms with Crippen molar-refractivity contribution in [1.82, 2.24) is 9.97 Å². The van der Waals surface area contributed by atoms with Crippen LogP contribution in [0.4, 0.5) is 0 Å². The lowest BCUT2D eigenvalue weighted by atomic mass is 10.1. The molecule has 0 aliphatic carbocycles. The molecule has 0 radical (unpaired) electrons. The molecule has 1 aromatic carbocycles. The maximum absolute atomic E-state index is 11.1. The second-order valence-corrected chi connectivity index (χ2v) is 4.31. The molecule has 1 N–H and O–H groups in total. The van der Waals surface area contributed by atoms with Crippen LogP contribution in [0, 0.1) is 0 Å². The molecule has 18 heavy (non-hydrogen) atoms. The van der Waals surface area contributed by atoms with E-state index in [2.05, 4.69) is 9.97 Å². The molecule has 0 aliphatic heterocycles. The number of halogens is 1. The van der Waals surface area contributed by atoms with Crippen LogP contribution in [-0.2, 0) is 0 Å². The predicted molar refractivity (Wildman–Crippen MR) is 71.7 cm³/mol. The molecule has 0 bridgehead atoms. The smallest absolute Gasteiger partial charge is 0.268 e. The third-order valence-corrected chi connectivity index (χ3v) is 3.06. The fourth-order valence-electron chi connectivity index (χ4n) is 2.00. The van der Waals surface area contributed by atoms with E-state index in [0.29, 0.717) is 5.69 Å². The summed E-state index contributed by atoms with van der Waals surface area (Å²) < 4.78 is 0. The number of nitrogens with zero attached hydrogens (tertiary/aromatic N) is 1. The second-order valence-electron chi connectivity index (χ2n) is 3.97. The van der Waals surface area contributed by atoms with Gasteiger partial charge in [-0.25, -0.2) is 0 Å². The van der Waals surface area contributed by atoms with Gasteiger partial charge in [-0.2, -0.15) is 0 Å². The highest BCUT2D eigenvalue weighted by molar-refractivity contribution is 6.67. The van der Waals surface area contributed by atoms with Gasteiger partial charge in [0.2, 0.25) is 0 Å². The van der Waals surface area contributed by atoms with Gasteiger partial charge in [0.05, 0.1) is 5.69 Å². The minimum Gasteiger partial charge on any atom is -0.351 e. The number of fused-ring (bicyclic) bond motifs is 1. The van der Waals surface area contributed by atoms with Crippen LogP contribution >= 0.6 is 11.6 Å². The van der Waals surface area contributed by atoms with Gasteiger partial charge in [-0.05, 0) is 29.1 Å². The number of pyridine rings is 1. The Balaban J connectivity index is 2.21. The van der Waals surface area contributed by atoms with Crippen LogP contribution in [0.25, 0.3) is 22.0 Å². The Kier molecular flexibility index (Phi) is 2.61. The van der Waals surface area contributed by atoms with Crippen LogP contribution in [0.1, 0.15) is 10.5 Å². The number of H-pyrrole nitrogens is 1. The van der Waals surface area contributed by atoms with Gasteiger partial charge in [0.15, 0.2) is 0 Å². The van der Waals surface area contributed by atoms with E-state index in [1.807, 2.05) is 36.5 Å². The number of carbonyl (C=O) groups excluding carboxylic acids is 1. The van der Waals surface area contributed by atoms with Gasteiger partial charge in [-0.3, -0.25) is 9.78 Å². The van der Waals surface area contributed by atoms with Gasteiger partial charge in [0.1, 0.15) is 0 Å². The molecule has 0 saturated carbocycles. The summed E-state index contributed by atoms with van der Waals surface area (Å²) in [5, 5.41) is 1.65. The zero-order chi connectivity index (χ0) is 12.5. The van der Waals surface area contributed by atoms with E-state index in [0.717, 1.165) is 22.0 Å². The first-order chi connectivity index (χ1) is 8.75. The Morgan fingerprint density at radius 1 is 1.11 bits per heavy atom. The summed E-state index contributed by atoms with van der Waals surface area (Å²) in [6, 6.07) is 11.5. The first-order valence-corrected chi connectivity index (χ1v) is 5.85. The van der Waals surface area contributed by atoms with E-state index >= 15 is 0 Å². The van der Waals surface area contributed by atoms with Crippen LogP contribution in [0.2, 0.25) is 0 Å². The molecule has 0 amide bonds. The molecule has 2 aromatic heterocycles. The standard InChI is InChI=1S/C14H9ClN2O/c15-14(18)13-6-5-12(17-13)11-8-16-7-9-3-1-2-4-10(9)11/h1-8,17H. The van der Waals surface area contributed by atoms with Crippen molar-refractivity contribution >= 4 is 27.6 Å². The lowest BCUT2D eigenvalue weighted by Crippen LogP contribution is -1.89. The number of nitrogens with one attached hydrogen (secondary N) is 1. The molecule has 3 aromatic rings. The quantitative estimate of drug-likeness (QED) is 0.712. The first kappa shape index (κ1) is 11.0. The van der Waals surface area contributed by atoms with Crippen molar-refractivity contribution in [1.29, 1.82) is 0 Å². The predicted octanol–water partition coefficient (Wildman–Crippen LogP) is 3.61. The number of hydrogen-bond donors (Lipinski definition) is 1. The number of hydrogen-bond acceptors (Lipinski definition) is 2. The molecule has 0 atom stereocenters. The molecule has 3 nitrogen and oxygen atoms in total. The highest BCUT2D eigenvalue weighted by Gasteiger charge is 2.09. The maximum Gasteiger partial charge on any atom is 0.268 e. The molecule has 4 heteroatoms. The Labute approximate surface area is 108 Å². The summed E-state index contributed by atoms with van der Waals surface area (Å²) in [6.07, 6.45) is 3.59. The summed E-state index contributed by atoms with van der Waals surface area (Å²) in [5.74, 6) is 0. The third-order valence-electron chi connectivity index (χ3n) is 2.86. The van der Waals surface area contributed by atoms with Crippen LogP contribution in [-0.4, -0.2) is 15.2 Å². The number of aromatic amines is 1. The molecule has 0 saturated heterocycles. The number of aromatic nitrogens is 2. The molecule has 0 fully saturated rings. The molecule has 88 valence electrons. The molecule has 0 aliphatic rings. The molecular formula is C14H9ClN2O. The minimum atomic E-state index is -0.491. The molecule has 3 rings (SSSR count). The fraction of sp³-hybridized carbons (Fsp3) is 0. The normalized spacial score (nSPS) is 10.7. The Hall–Kier alpha value is -2.13. The largest absolute Gasteiger partial charge is 0.351 e. The van der Waals surface area contributed by atoms with E-state index in [4.69, 9.17) is 11.6 Å². The van der Waals surface area contributed by atoms with Gasteiger partial charge in [0.25, 0.3) is 5.24 Å². The van der Waals surface area contributed by atoms with Crippen LogP contribution in [0.3, 0.4) is 0 Å². The van der Waals surface area contributed by atoms with Crippen LogP contribution in [0.5, 0.6) is 0 Å². The second kappa shape index (κ2) is 4.27. The average molecular weight is 257 g/mol. The minimum absolute atomic E-state index is 0.389. The fourth-order valence-corrected chi connectivity index (χ4v) is 2.11. The molecule has 2 heterocycles. The van der Waals surface area contributed by atoms with Crippen molar-refractivity contribution in [2.75, 3.05) is 0 Å². The van der Waals surface area contributed by atoms with E-state index in [1.54, 1.807) is 12.3 Å². The van der Waals surface area contributed by atoms with Crippen molar-refractivity contribution in [3.8, 4) is 11.3 Å². The summed E-state index contributed by atoms with van der Waals surface area (Å²) in [4.78, 5) is 18.3. The van der Waals surface area contributed by atoms with Crippen LogP contribution < -0.4 is 0 Å². The Bertz CT molecular complexity index is 728. The maximum atomic E-state index is 11.1. The van der Waals surface area contributed by atoms with Crippen molar-refractivity contribution in [2.24, 2.45) is 0 Å². The lowest BCUT2D eigenvalue weighted by molar-refractivity contribution is 0.107. The van der Waals surface area contributed by atoms with Gasteiger partial charge >= 0.3 is 0 Å². The topological polar surface area (TPSA) is 45.8 Å². The molecular weight excluding hydrogens is 248 g/mol. The van der Waals surface area contributed by atoms with Crippen molar-refractivity contribution in [3.63, 3.8) is 0 Å². The lowest BCUT2D eigenvalue weighted by Gasteiger charge is -2.03. The van der Waals surface area contributed by atoms with Gasteiger partial charge in [-0.15, -0.1) is 0 Å². The van der Waals surface area contributed by atoms with E-state index in [9.17, 15) is 4.79 Å². The van der Waals surface area contributed by atoms with Crippen molar-refractivity contribution in [3.05, 3.63) is 54.5 Å². The molecule has 0 spiro atoms.